The molecule has 0 aliphatic heterocycles. The van der Waals surface area contributed by atoms with Crippen LogP contribution in [0.4, 0.5) is 5.95 Å². The van der Waals surface area contributed by atoms with Gasteiger partial charge in [-0.15, -0.1) is 0 Å². The number of hydrogen-bond donors (Lipinski definition) is 1. The van der Waals surface area contributed by atoms with Crippen molar-refractivity contribution in [2.24, 2.45) is 0 Å². The van der Waals surface area contributed by atoms with Crippen LogP contribution in [-0.4, -0.2) is 33.3 Å². The summed E-state index contributed by atoms with van der Waals surface area (Å²) in [5.74, 6) is -0.807. The standard InChI is InChI=1S/C23H19ClN4O3/c1-14-20(21(29)22(30)27-23-25-10-3-11-26-23)18-12-17(31-2)8-9-19(18)28(14)13-15-4-6-16(24)7-5-15/h3-12H,13H2,1-2H3,(H,25,26,27,30). The van der Waals surface area contributed by atoms with Gasteiger partial charge in [-0.2, -0.15) is 0 Å². The largest absolute Gasteiger partial charge is 0.497 e. The van der Waals surface area contributed by atoms with Gasteiger partial charge in [0, 0.05) is 40.6 Å². The predicted octanol–water partition coefficient (Wildman–Crippen LogP) is 4.27. The molecule has 1 amide bonds. The molecule has 7 nitrogen and oxygen atoms in total. The third-order valence-corrected chi connectivity index (χ3v) is 5.26. The summed E-state index contributed by atoms with van der Waals surface area (Å²) < 4.78 is 7.34. The minimum absolute atomic E-state index is 0.0704. The summed E-state index contributed by atoms with van der Waals surface area (Å²) in [5, 5.41) is 3.75. The lowest BCUT2D eigenvalue weighted by Crippen LogP contribution is -2.24. The number of carbonyl (C=O) groups is 2. The molecule has 156 valence electrons. The summed E-state index contributed by atoms with van der Waals surface area (Å²) in [4.78, 5) is 33.7. The molecule has 2 aromatic carbocycles. The number of ketones is 1. The maximum Gasteiger partial charge on any atom is 0.299 e. The summed E-state index contributed by atoms with van der Waals surface area (Å²) in [5.41, 5.74) is 2.82. The highest BCUT2D eigenvalue weighted by Crippen LogP contribution is 2.31. The smallest absolute Gasteiger partial charge is 0.299 e. The number of ether oxygens (including phenoxy) is 1. The quantitative estimate of drug-likeness (QED) is 0.361. The fourth-order valence-corrected chi connectivity index (χ4v) is 3.61. The topological polar surface area (TPSA) is 86.1 Å². The minimum atomic E-state index is -0.803. The molecular weight excluding hydrogens is 416 g/mol. The van der Waals surface area contributed by atoms with Gasteiger partial charge in [-0.1, -0.05) is 23.7 Å². The van der Waals surface area contributed by atoms with Crippen LogP contribution in [0.25, 0.3) is 10.9 Å². The second kappa shape index (κ2) is 8.57. The van der Waals surface area contributed by atoms with E-state index in [4.69, 9.17) is 16.3 Å². The molecule has 4 rings (SSSR count). The Kier molecular flexibility index (Phi) is 5.68. The first kappa shape index (κ1) is 20.6. The van der Waals surface area contributed by atoms with E-state index in [2.05, 4.69) is 15.3 Å². The van der Waals surface area contributed by atoms with Gasteiger partial charge in [0.2, 0.25) is 5.95 Å². The van der Waals surface area contributed by atoms with Crippen molar-refractivity contribution in [3.8, 4) is 5.75 Å². The molecule has 31 heavy (non-hydrogen) atoms. The van der Waals surface area contributed by atoms with Crippen molar-refractivity contribution in [3.05, 3.63) is 82.8 Å². The molecule has 0 bridgehead atoms. The van der Waals surface area contributed by atoms with Crippen molar-refractivity contribution in [2.45, 2.75) is 13.5 Å². The minimum Gasteiger partial charge on any atom is -0.497 e. The SMILES string of the molecule is COc1ccc2c(c1)c(C(=O)C(=O)Nc1ncccn1)c(C)n2Cc1ccc(Cl)cc1. The summed E-state index contributed by atoms with van der Waals surface area (Å²) >= 11 is 6.00. The fraction of sp³-hybridized carbons (Fsp3) is 0.130. The monoisotopic (exact) mass is 434 g/mol. The number of amides is 1. The molecule has 8 heteroatoms. The van der Waals surface area contributed by atoms with Gasteiger partial charge < -0.3 is 9.30 Å². The number of aromatic nitrogens is 3. The van der Waals surface area contributed by atoms with Crippen LogP contribution in [0.1, 0.15) is 21.6 Å². The summed E-state index contributed by atoms with van der Waals surface area (Å²) in [6.07, 6.45) is 2.97. The van der Waals surface area contributed by atoms with Gasteiger partial charge in [-0.05, 0) is 48.9 Å². The molecular formula is C23H19ClN4O3. The number of rotatable bonds is 6. The van der Waals surface area contributed by atoms with Crippen LogP contribution >= 0.6 is 11.6 Å². The van der Waals surface area contributed by atoms with Gasteiger partial charge in [0.1, 0.15) is 5.75 Å². The number of benzene rings is 2. The van der Waals surface area contributed by atoms with Gasteiger partial charge in [-0.25, -0.2) is 9.97 Å². The molecule has 0 fully saturated rings. The molecule has 0 spiro atoms. The van der Waals surface area contributed by atoms with Crippen molar-refractivity contribution in [1.82, 2.24) is 14.5 Å². The molecule has 0 aliphatic rings. The maximum absolute atomic E-state index is 13.2. The van der Waals surface area contributed by atoms with Crippen LogP contribution in [-0.2, 0) is 11.3 Å². The highest BCUT2D eigenvalue weighted by atomic mass is 35.5. The number of methoxy groups -OCH3 is 1. The molecule has 0 unspecified atom stereocenters. The second-order valence-electron chi connectivity index (χ2n) is 6.91. The van der Waals surface area contributed by atoms with Crippen LogP contribution in [0.2, 0.25) is 5.02 Å². The zero-order valence-corrected chi connectivity index (χ0v) is 17.7. The van der Waals surface area contributed by atoms with Crippen LogP contribution in [0, 0.1) is 6.92 Å². The molecule has 1 N–H and O–H groups in total. The first-order valence-corrected chi connectivity index (χ1v) is 9.89. The highest BCUT2D eigenvalue weighted by molar-refractivity contribution is 6.48. The molecule has 0 radical (unpaired) electrons. The number of anilines is 1. The number of halogens is 1. The Morgan fingerprint density at radius 3 is 2.48 bits per heavy atom. The Hall–Kier alpha value is -3.71. The van der Waals surface area contributed by atoms with E-state index in [1.807, 2.05) is 47.9 Å². The molecule has 2 aromatic heterocycles. The number of fused-ring (bicyclic) bond motifs is 1. The van der Waals surface area contributed by atoms with E-state index in [0.29, 0.717) is 34.0 Å². The average molecular weight is 435 g/mol. The highest BCUT2D eigenvalue weighted by Gasteiger charge is 2.26. The van der Waals surface area contributed by atoms with Crippen molar-refractivity contribution >= 4 is 40.1 Å². The van der Waals surface area contributed by atoms with E-state index in [-0.39, 0.29) is 5.95 Å². The Morgan fingerprint density at radius 2 is 1.81 bits per heavy atom. The number of hydrogen-bond acceptors (Lipinski definition) is 5. The summed E-state index contributed by atoms with van der Waals surface area (Å²) in [6, 6.07) is 14.6. The molecule has 0 atom stereocenters. The van der Waals surface area contributed by atoms with E-state index < -0.39 is 11.7 Å². The van der Waals surface area contributed by atoms with E-state index in [1.165, 1.54) is 12.4 Å². The zero-order chi connectivity index (χ0) is 22.0. The van der Waals surface area contributed by atoms with Gasteiger partial charge in [0.15, 0.2) is 0 Å². The lowest BCUT2D eigenvalue weighted by Gasteiger charge is -2.09. The number of carbonyl (C=O) groups excluding carboxylic acids is 2. The molecule has 0 aliphatic carbocycles. The summed E-state index contributed by atoms with van der Waals surface area (Å²) in [6.45, 7) is 2.34. The van der Waals surface area contributed by atoms with E-state index in [9.17, 15) is 9.59 Å². The van der Waals surface area contributed by atoms with Crippen LogP contribution in [0.15, 0.2) is 60.9 Å². The van der Waals surface area contributed by atoms with Gasteiger partial charge >= 0.3 is 0 Å². The molecule has 2 heterocycles. The van der Waals surface area contributed by atoms with Crippen LogP contribution in [0.3, 0.4) is 0 Å². The first-order valence-electron chi connectivity index (χ1n) is 9.52. The van der Waals surface area contributed by atoms with E-state index in [0.717, 1.165) is 11.1 Å². The zero-order valence-electron chi connectivity index (χ0n) is 16.9. The summed E-state index contributed by atoms with van der Waals surface area (Å²) in [7, 11) is 1.56. The van der Waals surface area contributed by atoms with E-state index >= 15 is 0 Å². The number of nitrogens with zero attached hydrogens (tertiary/aromatic N) is 3. The third kappa shape index (κ3) is 4.13. The Balaban J connectivity index is 1.78. The second-order valence-corrected chi connectivity index (χ2v) is 7.35. The molecule has 0 saturated carbocycles. The lowest BCUT2D eigenvalue weighted by atomic mass is 10.1. The predicted molar refractivity (Wildman–Crippen MR) is 119 cm³/mol. The van der Waals surface area contributed by atoms with Crippen molar-refractivity contribution in [1.29, 1.82) is 0 Å². The Bertz CT molecular complexity index is 1270. The van der Waals surface area contributed by atoms with E-state index in [1.54, 1.807) is 19.2 Å². The van der Waals surface area contributed by atoms with Crippen molar-refractivity contribution in [3.63, 3.8) is 0 Å². The van der Waals surface area contributed by atoms with Crippen LogP contribution in [0.5, 0.6) is 5.75 Å². The Morgan fingerprint density at radius 1 is 1.10 bits per heavy atom. The van der Waals surface area contributed by atoms with Gasteiger partial charge in [-0.3, -0.25) is 14.9 Å². The van der Waals surface area contributed by atoms with Gasteiger partial charge in [0.25, 0.3) is 11.7 Å². The average Bonchev–Trinajstić information content (AvgIpc) is 3.05. The van der Waals surface area contributed by atoms with Crippen LogP contribution < -0.4 is 10.1 Å². The number of nitrogens with one attached hydrogen (secondary N) is 1. The molecule has 0 saturated heterocycles. The molecule has 4 aromatic rings. The third-order valence-electron chi connectivity index (χ3n) is 5.01. The number of Topliss-reactive ketones (excluding diaryl/α,β-unsaturated/α-hetero) is 1. The van der Waals surface area contributed by atoms with Gasteiger partial charge in [0.05, 0.1) is 12.7 Å². The van der Waals surface area contributed by atoms with Crippen molar-refractivity contribution in [2.75, 3.05) is 12.4 Å². The lowest BCUT2D eigenvalue weighted by molar-refractivity contribution is -0.112. The Labute approximate surface area is 183 Å². The normalized spacial score (nSPS) is 10.8. The first-order chi connectivity index (χ1) is 15.0. The maximum atomic E-state index is 13.2. The van der Waals surface area contributed by atoms with Crippen molar-refractivity contribution < 1.29 is 14.3 Å². The fourth-order valence-electron chi connectivity index (χ4n) is 3.49.